The molecule has 0 aliphatic rings. The summed E-state index contributed by atoms with van der Waals surface area (Å²) < 4.78 is 28.4. The fraction of sp³-hybridized carbons (Fsp3) is 0.500. The van der Waals surface area contributed by atoms with Crippen LogP contribution in [0.2, 0.25) is 0 Å². The molecule has 0 aliphatic carbocycles. The van der Waals surface area contributed by atoms with Gasteiger partial charge in [-0.2, -0.15) is 0 Å². The highest BCUT2D eigenvalue weighted by molar-refractivity contribution is 7.91. The van der Waals surface area contributed by atoms with Crippen molar-refractivity contribution in [3.05, 3.63) is 52.4 Å². The molecule has 7 heteroatoms. The Morgan fingerprint density at radius 2 is 1.69 bits per heavy atom. The molecule has 0 atom stereocenters. The third kappa shape index (κ3) is 7.57. The monoisotopic (exact) mass is 437 g/mol. The summed E-state index contributed by atoms with van der Waals surface area (Å²) in [6.45, 7) is 6.88. The van der Waals surface area contributed by atoms with Crippen LogP contribution < -0.4 is 4.72 Å². The van der Waals surface area contributed by atoms with E-state index in [1.807, 2.05) is 11.4 Å². The second-order valence-corrected chi connectivity index (χ2v) is 11.2. The van der Waals surface area contributed by atoms with Crippen molar-refractivity contribution in [3.8, 4) is 0 Å². The van der Waals surface area contributed by atoms with Gasteiger partial charge in [-0.25, -0.2) is 13.1 Å². The molecular formula is C22H31NO4S2. The van der Waals surface area contributed by atoms with Gasteiger partial charge in [0.25, 0.3) is 0 Å². The van der Waals surface area contributed by atoms with Gasteiger partial charge in [-0.3, -0.25) is 4.79 Å². The molecule has 0 saturated heterocycles. The minimum atomic E-state index is -3.53. The molecule has 0 radical (unpaired) electrons. The largest absolute Gasteiger partial charge is 0.481 e. The van der Waals surface area contributed by atoms with Gasteiger partial charge in [0.2, 0.25) is 10.0 Å². The standard InChI is InChI=1S/C22H31NO4S2/c1-22(2,3)19-11-9-17(10-12-19)16-18-13-15-28-21(18)29(26,27)23-14-7-5-4-6-8-20(24)25/h9-13,15,23H,4-8,14,16H2,1-3H3,(H,24,25). The molecule has 29 heavy (non-hydrogen) atoms. The molecule has 2 aromatic rings. The Morgan fingerprint density at radius 1 is 1.03 bits per heavy atom. The maximum Gasteiger partial charge on any atom is 0.303 e. The molecule has 0 fully saturated rings. The zero-order valence-corrected chi connectivity index (χ0v) is 19.0. The van der Waals surface area contributed by atoms with Gasteiger partial charge >= 0.3 is 5.97 Å². The summed E-state index contributed by atoms with van der Waals surface area (Å²) in [6, 6.07) is 10.2. The maximum absolute atomic E-state index is 12.7. The van der Waals surface area contributed by atoms with Gasteiger partial charge < -0.3 is 5.11 Å². The van der Waals surface area contributed by atoms with Gasteiger partial charge in [0, 0.05) is 13.0 Å². The van der Waals surface area contributed by atoms with Crippen LogP contribution in [0.5, 0.6) is 0 Å². The van der Waals surface area contributed by atoms with Crippen molar-refractivity contribution >= 4 is 27.3 Å². The van der Waals surface area contributed by atoms with E-state index < -0.39 is 16.0 Å². The van der Waals surface area contributed by atoms with E-state index in [-0.39, 0.29) is 11.8 Å². The lowest BCUT2D eigenvalue weighted by Gasteiger charge is -2.19. The van der Waals surface area contributed by atoms with Crippen LogP contribution in [0, 0.1) is 0 Å². The van der Waals surface area contributed by atoms with Gasteiger partial charge in [-0.1, -0.05) is 57.9 Å². The molecule has 0 unspecified atom stereocenters. The van der Waals surface area contributed by atoms with Crippen molar-refractivity contribution in [2.75, 3.05) is 6.54 Å². The Labute approximate surface area is 178 Å². The zero-order valence-electron chi connectivity index (χ0n) is 17.4. The van der Waals surface area contributed by atoms with Crippen LogP contribution in [0.25, 0.3) is 0 Å². The number of nitrogens with one attached hydrogen (secondary N) is 1. The molecule has 2 N–H and O–H groups in total. The normalized spacial score (nSPS) is 12.2. The molecule has 5 nitrogen and oxygen atoms in total. The number of sulfonamides is 1. The number of benzene rings is 1. The van der Waals surface area contributed by atoms with Gasteiger partial charge in [0.05, 0.1) is 0 Å². The predicted molar refractivity (Wildman–Crippen MR) is 118 cm³/mol. The average molecular weight is 438 g/mol. The van der Waals surface area contributed by atoms with Crippen LogP contribution in [0.3, 0.4) is 0 Å². The highest BCUT2D eigenvalue weighted by atomic mass is 32.2. The first-order valence-electron chi connectivity index (χ1n) is 9.97. The molecule has 0 spiro atoms. The third-order valence-corrected chi connectivity index (χ3v) is 7.80. The van der Waals surface area contributed by atoms with Gasteiger partial charge in [-0.15, -0.1) is 11.3 Å². The second kappa shape index (κ2) is 10.4. The Bertz CT molecular complexity index is 894. The predicted octanol–water partition coefficient (Wildman–Crippen LogP) is 4.95. The van der Waals surface area contributed by atoms with E-state index in [4.69, 9.17) is 5.11 Å². The zero-order chi connectivity index (χ0) is 21.5. The molecule has 1 aromatic carbocycles. The average Bonchev–Trinajstić information content (AvgIpc) is 3.09. The number of rotatable bonds is 11. The van der Waals surface area contributed by atoms with Crippen molar-refractivity contribution in [3.63, 3.8) is 0 Å². The molecule has 1 heterocycles. The summed E-state index contributed by atoms with van der Waals surface area (Å²) in [4.78, 5) is 10.5. The first kappa shape index (κ1) is 23.6. The molecule has 0 saturated carbocycles. The fourth-order valence-corrected chi connectivity index (χ4v) is 5.59. The molecule has 1 aromatic heterocycles. The summed E-state index contributed by atoms with van der Waals surface area (Å²) >= 11 is 1.24. The van der Waals surface area contributed by atoms with Crippen LogP contribution in [0.4, 0.5) is 0 Å². The maximum atomic E-state index is 12.7. The number of carboxylic acid groups (broad SMARTS) is 1. The summed E-state index contributed by atoms with van der Waals surface area (Å²) in [7, 11) is -3.53. The molecule has 0 bridgehead atoms. The van der Waals surface area contributed by atoms with Crippen molar-refractivity contribution in [2.24, 2.45) is 0 Å². The van der Waals surface area contributed by atoms with Crippen molar-refractivity contribution in [2.45, 2.75) is 68.9 Å². The number of aliphatic carboxylic acids is 1. The highest BCUT2D eigenvalue weighted by Crippen LogP contribution is 2.27. The van der Waals surface area contributed by atoms with E-state index >= 15 is 0 Å². The lowest BCUT2D eigenvalue weighted by Crippen LogP contribution is -2.24. The summed E-state index contributed by atoms with van der Waals surface area (Å²) in [6.07, 6.45) is 3.69. The molecule has 0 aliphatic heterocycles. The van der Waals surface area contributed by atoms with Crippen LogP contribution in [-0.2, 0) is 26.7 Å². The Kier molecular flexibility index (Phi) is 8.43. The van der Waals surface area contributed by atoms with E-state index in [0.29, 0.717) is 30.0 Å². The first-order valence-corrected chi connectivity index (χ1v) is 12.3. The number of unbranched alkanes of at least 4 members (excludes halogenated alkanes) is 3. The Morgan fingerprint density at radius 3 is 2.31 bits per heavy atom. The minimum Gasteiger partial charge on any atom is -0.481 e. The van der Waals surface area contributed by atoms with Crippen molar-refractivity contribution in [1.29, 1.82) is 0 Å². The number of carbonyl (C=O) groups is 1. The van der Waals surface area contributed by atoms with E-state index in [9.17, 15) is 13.2 Å². The summed E-state index contributed by atoms with van der Waals surface area (Å²) in [5.41, 5.74) is 3.25. The van der Waals surface area contributed by atoms with Crippen molar-refractivity contribution < 1.29 is 18.3 Å². The molecular weight excluding hydrogens is 406 g/mol. The lowest BCUT2D eigenvalue weighted by atomic mass is 9.86. The van der Waals surface area contributed by atoms with Gasteiger partial charge in [0.1, 0.15) is 4.21 Å². The quantitative estimate of drug-likeness (QED) is 0.487. The Balaban J connectivity index is 1.91. The molecule has 0 amide bonds. The van der Waals surface area contributed by atoms with Crippen molar-refractivity contribution in [1.82, 2.24) is 4.72 Å². The van der Waals surface area contributed by atoms with Crippen LogP contribution in [0.1, 0.15) is 69.6 Å². The van der Waals surface area contributed by atoms with Gasteiger partial charge in [-0.05, 0) is 52.8 Å². The fourth-order valence-electron chi connectivity index (χ4n) is 3.06. The van der Waals surface area contributed by atoms with Gasteiger partial charge in [0.15, 0.2) is 0 Å². The van der Waals surface area contributed by atoms with Crippen LogP contribution >= 0.6 is 11.3 Å². The topological polar surface area (TPSA) is 83.5 Å². The van der Waals surface area contributed by atoms with E-state index in [1.165, 1.54) is 16.9 Å². The SMILES string of the molecule is CC(C)(C)c1ccc(Cc2ccsc2S(=O)(=O)NCCCCCCC(=O)O)cc1. The highest BCUT2D eigenvalue weighted by Gasteiger charge is 2.20. The third-order valence-electron chi connectivity index (χ3n) is 4.77. The summed E-state index contributed by atoms with van der Waals surface area (Å²) in [5.74, 6) is -0.788. The lowest BCUT2D eigenvalue weighted by molar-refractivity contribution is -0.137. The van der Waals surface area contributed by atoms with E-state index in [0.717, 1.165) is 24.0 Å². The first-order chi connectivity index (χ1) is 13.6. The van der Waals surface area contributed by atoms with E-state index in [2.05, 4.69) is 49.8 Å². The van der Waals surface area contributed by atoms with Crippen LogP contribution in [-0.4, -0.2) is 26.0 Å². The summed E-state index contributed by atoms with van der Waals surface area (Å²) in [5, 5.41) is 10.4. The second-order valence-electron chi connectivity index (χ2n) is 8.31. The number of carboxylic acids is 1. The van der Waals surface area contributed by atoms with Crippen LogP contribution in [0.15, 0.2) is 39.9 Å². The smallest absolute Gasteiger partial charge is 0.303 e. The number of thiophene rings is 1. The number of hydrogen-bond acceptors (Lipinski definition) is 4. The molecule has 2 rings (SSSR count). The Hall–Kier alpha value is -1.70. The molecule has 160 valence electrons. The van der Waals surface area contributed by atoms with E-state index in [1.54, 1.807) is 0 Å². The number of hydrogen-bond donors (Lipinski definition) is 2. The minimum absolute atomic E-state index is 0.0902.